The van der Waals surface area contributed by atoms with E-state index in [1.807, 2.05) is 0 Å². The normalized spacial score (nSPS) is 16.1. The molecule has 5 nitrogen and oxygen atoms in total. The Morgan fingerprint density at radius 2 is 2.15 bits per heavy atom. The number of thiophene rings is 1. The Morgan fingerprint density at radius 1 is 1.33 bits per heavy atom. The molecule has 2 aromatic heterocycles. The Labute approximate surface area is 166 Å². The zero-order valence-electron chi connectivity index (χ0n) is 15.2. The number of hydrogen-bond acceptors (Lipinski definition) is 7. The van der Waals surface area contributed by atoms with Gasteiger partial charge in [0.05, 0.1) is 17.7 Å². The van der Waals surface area contributed by atoms with Gasteiger partial charge in [-0.25, -0.2) is 0 Å². The summed E-state index contributed by atoms with van der Waals surface area (Å²) in [6, 6.07) is 9.26. The van der Waals surface area contributed by atoms with Crippen molar-refractivity contribution in [2.75, 3.05) is 12.9 Å². The third-order valence-electron chi connectivity index (χ3n) is 4.69. The molecule has 140 valence electrons. The lowest BCUT2D eigenvalue weighted by Crippen LogP contribution is -2.07. The van der Waals surface area contributed by atoms with Crippen LogP contribution in [0.15, 0.2) is 40.0 Å². The fraction of sp³-hybridized carbons (Fsp3) is 0.350. The van der Waals surface area contributed by atoms with Gasteiger partial charge in [0.25, 0.3) is 11.1 Å². The monoisotopic (exact) mass is 400 g/mol. The maximum absolute atomic E-state index is 12.3. The van der Waals surface area contributed by atoms with Crippen LogP contribution in [0.25, 0.3) is 10.8 Å². The van der Waals surface area contributed by atoms with Gasteiger partial charge in [-0.3, -0.25) is 4.79 Å². The van der Waals surface area contributed by atoms with Crippen molar-refractivity contribution in [1.29, 1.82) is 0 Å². The van der Waals surface area contributed by atoms with Gasteiger partial charge in [0.2, 0.25) is 0 Å². The third-order valence-corrected chi connectivity index (χ3v) is 6.73. The molecule has 0 spiro atoms. The molecule has 0 bridgehead atoms. The van der Waals surface area contributed by atoms with Gasteiger partial charge in [0, 0.05) is 10.4 Å². The number of aryl methyl sites for hydroxylation is 1. The molecule has 27 heavy (non-hydrogen) atoms. The van der Waals surface area contributed by atoms with Crippen molar-refractivity contribution in [3.8, 4) is 16.5 Å². The number of Topliss-reactive ketones (excluding diaryl/α,β-unsaturated/α-hetero) is 1. The number of rotatable bonds is 6. The number of nitrogens with zero attached hydrogens (tertiary/aromatic N) is 2. The van der Waals surface area contributed by atoms with Crippen molar-refractivity contribution in [2.24, 2.45) is 5.92 Å². The highest BCUT2D eigenvalue weighted by Gasteiger charge is 2.21. The number of hydrogen-bond donors (Lipinski definition) is 0. The SMILES string of the molecule is COc1ccc(C(=O)CSc2nnc(-c3cc4c(s3)CC[C@H](C)C4)o2)cc1. The lowest BCUT2D eigenvalue weighted by molar-refractivity contribution is 0.102. The minimum atomic E-state index is 0.0166. The van der Waals surface area contributed by atoms with E-state index in [0.717, 1.165) is 29.4 Å². The fourth-order valence-corrected chi connectivity index (χ4v) is 4.95. The summed E-state index contributed by atoms with van der Waals surface area (Å²) in [5.41, 5.74) is 2.05. The molecule has 0 amide bonds. The van der Waals surface area contributed by atoms with Gasteiger partial charge < -0.3 is 9.15 Å². The van der Waals surface area contributed by atoms with Crippen molar-refractivity contribution in [3.05, 3.63) is 46.3 Å². The zero-order chi connectivity index (χ0) is 18.8. The summed E-state index contributed by atoms with van der Waals surface area (Å²) in [4.78, 5) is 14.8. The van der Waals surface area contributed by atoms with E-state index in [-0.39, 0.29) is 11.5 Å². The number of ether oxygens (including phenoxy) is 1. The molecular weight excluding hydrogens is 380 g/mol. The molecule has 0 unspecified atom stereocenters. The average molecular weight is 401 g/mol. The van der Waals surface area contributed by atoms with Gasteiger partial charge >= 0.3 is 0 Å². The van der Waals surface area contributed by atoms with Crippen LogP contribution in [0.1, 0.15) is 34.1 Å². The van der Waals surface area contributed by atoms with Crippen LogP contribution in [-0.2, 0) is 12.8 Å². The Kier molecular flexibility index (Phi) is 5.31. The Balaban J connectivity index is 1.40. The predicted molar refractivity (Wildman–Crippen MR) is 107 cm³/mol. The summed E-state index contributed by atoms with van der Waals surface area (Å²) < 4.78 is 10.9. The van der Waals surface area contributed by atoms with E-state index in [2.05, 4.69) is 23.2 Å². The Morgan fingerprint density at radius 3 is 2.93 bits per heavy atom. The van der Waals surface area contributed by atoms with Crippen molar-refractivity contribution in [2.45, 2.75) is 31.4 Å². The van der Waals surface area contributed by atoms with Crippen LogP contribution in [-0.4, -0.2) is 28.8 Å². The molecule has 1 aliphatic carbocycles. The lowest BCUT2D eigenvalue weighted by atomic mass is 9.90. The number of benzene rings is 1. The highest BCUT2D eigenvalue weighted by Crippen LogP contribution is 2.37. The summed E-state index contributed by atoms with van der Waals surface area (Å²) in [5, 5.41) is 8.68. The maximum atomic E-state index is 12.3. The number of thioether (sulfide) groups is 1. The molecule has 4 rings (SSSR count). The quantitative estimate of drug-likeness (QED) is 0.433. The molecule has 7 heteroatoms. The van der Waals surface area contributed by atoms with Gasteiger partial charge in [-0.15, -0.1) is 21.5 Å². The molecular formula is C20H20N2O3S2. The summed E-state index contributed by atoms with van der Waals surface area (Å²) in [7, 11) is 1.60. The second kappa shape index (κ2) is 7.86. The average Bonchev–Trinajstić information content (AvgIpc) is 3.32. The first-order valence-electron chi connectivity index (χ1n) is 8.88. The van der Waals surface area contributed by atoms with Crippen LogP contribution < -0.4 is 4.74 Å². The van der Waals surface area contributed by atoms with Crippen molar-refractivity contribution >= 4 is 28.9 Å². The predicted octanol–water partition coefficient (Wildman–Crippen LogP) is 4.91. The molecule has 0 saturated carbocycles. The van der Waals surface area contributed by atoms with Crippen LogP contribution in [0.2, 0.25) is 0 Å². The van der Waals surface area contributed by atoms with E-state index in [1.165, 1.54) is 28.6 Å². The number of aromatic nitrogens is 2. The third kappa shape index (κ3) is 4.09. The first-order chi connectivity index (χ1) is 13.1. The molecule has 0 aliphatic heterocycles. The van der Waals surface area contributed by atoms with Gasteiger partial charge in [0.15, 0.2) is 5.78 Å². The van der Waals surface area contributed by atoms with E-state index in [0.29, 0.717) is 16.7 Å². The standard InChI is InChI=1S/C20H20N2O3S2/c1-12-3-8-17-14(9-12)10-18(27-17)19-21-22-20(25-19)26-11-16(23)13-4-6-15(24-2)7-5-13/h4-7,10,12H,3,8-9,11H2,1-2H3/t12-/m0/s1. The number of ketones is 1. The van der Waals surface area contributed by atoms with Gasteiger partial charge in [-0.1, -0.05) is 18.7 Å². The molecule has 2 heterocycles. The summed E-state index contributed by atoms with van der Waals surface area (Å²) in [6.45, 7) is 2.29. The molecule has 3 aromatic rings. The molecule has 1 aromatic carbocycles. The topological polar surface area (TPSA) is 65.2 Å². The first kappa shape index (κ1) is 18.3. The molecule has 0 radical (unpaired) electrons. The van der Waals surface area contributed by atoms with E-state index in [9.17, 15) is 4.79 Å². The Bertz CT molecular complexity index is 947. The second-order valence-electron chi connectivity index (χ2n) is 6.72. The molecule has 1 aliphatic rings. The molecule has 0 saturated heterocycles. The largest absolute Gasteiger partial charge is 0.497 e. The fourth-order valence-electron chi connectivity index (χ4n) is 3.17. The van der Waals surface area contributed by atoms with Gasteiger partial charge in [0.1, 0.15) is 5.75 Å². The molecule has 0 fully saturated rings. The van der Waals surface area contributed by atoms with Crippen molar-refractivity contribution in [1.82, 2.24) is 10.2 Å². The number of carbonyl (C=O) groups is 1. The van der Waals surface area contributed by atoms with E-state index >= 15 is 0 Å². The molecule has 0 N–H and O–H groups in total. The van der Waals surface area contributed by atoms with Crippen molar-refractivity contribution in [3.63, 3.8) is 0 Å². The van der Waals surface area contributed by atoms with Crippen molar-refractivity contribution < 1.29 is 13.9 Å². The van der Waals surface area contributed by atoms with Crippen LogP contribution in [0.3, 0.4) is 0 Å². The zero-order valence-corrected chi connectivity index (χ0v) is 16.9. The molecule has 1 atom stereocenters. The van der Waals surface area contributed by atoms with E-state index in [4.69, 9.17) is 9.15 Å². The smallest absolute Gasteiger partial charge is 0.277 e. The van der Waals surface area contributed by atoms with Crippen LogP contribution in [0, 0.1) is 5.92 Å². The van der Waals surface area contributed by atoms with Crippen LogP contribution >= 0.6 is 23.1 Å². The minimum absolute atomic E-state index is 0.0166. The van der Waals surface area contributed by atoms with Gasteiger partial charge in [-0.05, 0) is 61.1 Å². The summed E-state index contributed by atoms with van der Waals surface area (Å²) >= 11 is 3.01. The van der Waals surface area contributed by atoms with Gasteiger partial charge in [-0.2, -0.15) is 0 Å². The number of methoxy groups -OCH3 is 1. The highest BCUT2D eigenvalue weighted by molar-refractivity contribution is 7.99. The first-order valence-corrected chi connectivity index (χ1v) is 10.7. The Hall–Kier alpha value is -2.12. The second-order valence-corrected chi connectivity index (χ2v) is 8.78. The van der Waals surface area contributed by atoms with Crippen LogP contribution in [0.5, 0.6) is 5.75 Å². The lowest BCUT2D eigenvalue weighted by Gasteiger charge is -2.16. The maximum Gasteiger partial charge on any atom is 0.277 e. The minimum Gasteiger partial charge on any atom is -0.497 e. The summed E-state index contributed by atoms with van der Waals surface area (Å²) in [6.07, 6.45) is 3.50. The van der Waals surface area contributed by atoms with Crippen LogP contribution in [0.4, 0.5) is 0 Å². The number of carbonyl (C=O) groups excluding carboxylic acids is 1. The summed E-state index contributed by atoms with van der Waals surface area (Å²) in [5.74, 6) is 2.28. The number of fused-ring (bicyclic) bond motifs is 1. The highest BCUT2D eigenvalue weighted by atomic mass is 32.2. The van der Waals surface area contributed by atoms with E-state index in [1.54, 1.807) is 42.7 Å². The van der Waals surface area contributed by atoms with E-state index < -0.39 is 0 Å².